The van der Waals surface area contributed by atoms with E-state index in [0.717, 1.165) is 17.8 Å². The minimum atomic E-state index is -0.474. The van der Waals surface area contributed by atoms with E-state index in [1.807, 2.05) is 49.4 Å². The summed E-state index contributed by atoms with van der Waals surface area (Å²) in [7, 11) is 0. The molecule has 0 amide bonds. The lowest BCUT2D eigenvalue weighted by atomic mass is 10.0. The molecule has 0 radical (unpaired) electrons. The van der Waals surface area contributed by atoms with Crippen molar-refractivity contribution in [2.75, 3.05) is 18.1 Å². The number of para-hydroxylation sites is 1. The summed E-state index contributed by atoms with van der Waals surface area (Å²) in [5.41, 5.74) is 3.10. The van der Waals surface area contributed by atoms with Gasteiger partial charge in [-0.05, 0) is 18.1 Å². The summed E-state index contributed by atoms with van der Waals surface area (Å²) in [4.78, 5) is 2.11. The Hall–Kier alpha value is -1.84. The quantitative estimate of drug-likeness (QED) is 0.821. The first-order valence-electron chi connectivity index (χ1n) is 7.43. The van der Waals surface area contributed by atoms with Crippen molar-refractivity contribution in [1.29, 1.82) is 0 Å². The number of rotatable bonds is 7. The first-order valence-corrected chi connectivity index (χ1v) is 7.43. The molecule has 0 aromatic heterocycles. The molecule has 2 N–H and O–H groups in total. The second-order valence-corrected chi connectivity index (χ2v) is 5.11. The van der Waals surface area contributed by atoms with E-state index < -0.39 is 6.10 Å². The Morgan fingerprint density at radius 2 is 1.67 bits per heavy atom. The monoisotopic (exact) mass is 285 g/mol. The second-order valence-electron chi connectivity index (χ2n) is 5.11. The molecule has 0 aliphatic heterocycles. The number of aliphatic hydroxyl groups is 2. The van der Waals surface area contributed by atoms with Crippen LogP contribution in [0.3, 0.4) is 0 Å². The molecule has 0 aliphatic carbocycles. The highest BCUT2D eigenvalue weighted by Gasteiger charge is 2.15. The van der Waals surface area contributed by atoms with Crippen LogP contribution in [0.15, 0.2) is 54.6 Å². The van der Waals surface area contributed by atoms with Crippen molar-refractivity contribution in [3.05, 3.63) is 65.7 Å². The van der Waals surface area contributed by atoms with Crippen LogP contribution in [0.25, 0.3) is 0 Å². The third kappa shape index (κ3) is 4.06. The number of hydrogen-bond donors (Lipinski definition) is 2. The predicted octanol–water partition coefficient (Wildman–Crippen LogP) is 3.13. The highest BCUT2D eigenvalue weighted by Crippen LogP contribution is 2.29. The van der Waals surface area contributed by atoms with Crippen LogP contribution >= 0.6 is 0 Å². The van der Waals surface area contributed by atoms with Crippen LogP contribution in [-0.2, 0) is 6.54 Å². The van der Waals surface area contributed by atoms with Crippen LogP contribution in [0.2, 0.25) is 0 Å². The van der Waals surface area contributed by atoms with Crippen LogP contribution in [0, 0.1) is 0 Å². The van der Waals surface area contributed by atoms with Gasteiger partial charge < -0.3 is 15.1 Å². The lowest BCUT2D eigenvalue weighted by Crippen LogP contribution is -2.27. The van der Waals surface area contributed by atoms with Gasteiger partial charge in [0.2, 0.25) is 0 Å². The Balaban J connectivity index is 2.30. The number of aliphatic hydroxyl groups excluding tert-OH is 2. The van der Waals surface area contributed by atoms with E-state index in [0.29, 0.717) is 13.0 Å². The molecule has 0 saturated carbocycles. The van der Waals surface area contributed by atoms with Gasteiger partial charge in [0.05, 0.1) is 12.7 Å². The maximum Gasteiger partial charge on any atom is 0.0807 e. The summed E-state index contributed by atoms with van der Waals surface area (Å²) in [6, 6.07) is 18.0. The lowest BCUT2D eigenvalue weighted by molar-refractivity contribution is 0.174. The molecular weight excluding hydrogens is 262 g/mol. The van der Waals surface area contributed by atoms with Gasteiger partial charge in [-0.15, -0.1) is 0 Å². The zero-order valence-corrected chi connectivity index (χ0v) is 12.4. The molecule has 0 saturated heterocycles. The van der Waals surface area contributed by atoms with Gasteiger partial charge in [-0.25, -0.2) is 0 Å². The van der Waals surface area contributed by atoms with Crippen molar-refractivity contribution < 1.29 is 10.2 Å². The maximum atomic E-state index is 10.2. The van der Waals surface area contributed by atoms with E-state index >= 15 is 0 Å². The standard InChI is InChI=1S/C18H23NO2/c1-2-18(21)16-10-6-7-11-17(16)19(12-13-20)14-15-8-4-3-5-9-15/h3-11,18,20-21H,2,12-14H2,1H3. The van der Waals surface area contributed by atoms with Gasteiger partial charge >= 0.3 is 0 Å². The minimum Gasteiger partial charge on any atom is -0.395 e. The minimum absolute atomic E-state index is 0.0867. The topological polar surface area (TPSA) is 43.7 Å². The average Bonchev–Trinajstić information content (AvgIpc) is 2.55. The fourth-order valence-corrected chi connectivity index (χ4v) is 2.49. The number of nitrogens with zero attached hydrogens (tertiary/aromatic N) is 1. The molecule has 0 bridgehead atoms. The predicted molar refractivity (Wildman–Crippen MR) is 86.3 cm³/mol. The lowest BCUT2D eigenvalue weighted by Gasteiger charge is -2.28. The highest BCUT2D eigenvalue weighted by atomic mass is 16.3. The van der Waals surface area contributed by atoms with Gasteiger partial charge in [0, 0.05) is 24.3 Å². The van der Waals surface area contributed by atoms with Crippen molar-refractivity contribution in [2.45, 2.75) is 26.0 Å². The Labute approximate surface area is 126 Å². The molecule has 0 spiro atoms. The van der Waals surface area contributed by atoms with Gasteiger partial charge in [0.1, 0.15) is 0 Å². The van der Waals surface area contributed by atoms with Crippen molar-refractivity contribution in [3.8, 4) is 0 Å². The van der Waals surface area contributed by atoms with Crippen molar-refractivity contribution in [3.63, 3.8) is 0 Å². The first kappa shape index (κ1) is 15.5. The molecule has 0 heterocycles. The fourth-order valence-electron chi connectivity index (χ4n) is 2.49. The van der Waals surface area contributed by atoms with Crippen LogP contribution in [-0.4, -0.2) is 23.4 Å². The average molecular weight is 285 g/mol. The Bertz CT molecular complexity index is 542. The summed E-state index contributed by atoms with van der Waals surface area (Å²) in [6.45, 7) is 3.32. The highest BCUT2D eigenvalue weighted by molar-refractivity contribution is 5.55. The van der Waals surface area contributed by atoms with Gasteiger partial charge in [0.25, 0.3) is 0 Å². The van der Waals surface area contributed by atoms with Crippen molar-refractivity contribution in [1.82, 2.24) is 0 Å². The van der Waals surface area contributed by atoms with Crippen LogP contribution in [0.4, 0.5) is 5.69 Å². The van der Waals surface area contributed by atoms with Crippen LogP contribution in [0.1, 0.15) is 30.6 Å². The molecule has 3 nitrogen and oxygen atoms in total. The molecule has 2 aromatic carbocycles. The normalized spacial score (nSPS) is 12.1. The van der Waals surface area contributed by atoms with Gasteiger partial charge in [-0.1, -0.05) is 55.5 Å². The summed E-state index contributed by atoms with van der Waals surface area (Å²) in [5, 5.41) is 19.6. The molecular formula is C18H23NO2. The SMILES string of the molecule is CCC(O)c1ccccc1N(CCO)Cc1ccccc1. The zero-order chi connectivity index (χ0) is 15.1. The third-order valence-electron chi connectivity index (χ3n) is 3.61. The smallest absolute Gasteiger partial charge is 0.0807 e. The van der Waals surface area contributed by atoms with E-state index in [-0.39, 0.29) is 6.61 Å². The van der Waals surface area contributed by atoms with E-state index in [1.54, 1.807) is 0 Å². The van der Waals surface area contributed by atoms with E-state index in [1.165, 1.54) is 5.56 Å². The van der Waals surface area contributed by atoms with Gasteiger partial charge in [-0.2, -0.15) is 0 Å². The zero-order valence-electron chi connectivity index (χ0n) is 12.4. The molecule has 112 valence electrons. The number of anilines is 1. The molecule has 2 rings (SSSR count). The molecule has 3 heteroatoms. The summed E-state index contributed by atoms with van der Waals surface area (Å²) in [5.74, 6) is 0. The first-order chi connectivity index (χ1) is 10.3. The van der Waals surface area contributed by atoms with Crippen molar-refractivity contribution >= 4 is 5.69 Å². The Morgan fingerprint density at radius 3 is 2.33 bits per heavy atom. The van der Waals surface area contributed by atoms with Gasteiger partial charge in [0.15, 0.2) is 0 Å². The van der Waals surface area contributed by atoms with Crippen LogP contribution < -0.4 is 4.90 Å². The van der Waals surface area contributed by atoms with Crippen LogP contribution in [0.5, 0.6) is 0 Å². The van der Waals surface area contributed by atoms with E-state index in [4.69, 9.17) is 0 Å². The molecule has 1 atom stereocenters. The van der Waals surface area contributed by atoms with E-state index in [9.17, 15) is 10.2 Å². The summed E-state index contributed by atoms with van der Waals surface area (Å²) in [6.07, 6.45) is 0.202. The summed E-state index contributed by atoms with van der Waals surface area (Å²) >= 11 is 0. The molecule has 0 fully saturated rings. The third-order valence-corrected chi connectivity index (χ3v) is 3.61. The molecule has 1 unspecified atom stereocenters. The van der Waals surface area contributed by atoms with Crippen molar-refractivity contribution in [2.24, 2.45) is 0 Å². The maximum absolute atomic E-state index is 10.2. The second kappa shape index (κ2) is 7.81. The number of hydrogen-bond acceptors (Lipinski definition) is 3. The number of benzene rings is 2. The Kier molecular flexibility index (Phi) is 5.78. The summed E-state index contributed by atoms with van der Waals surface area (Å²) < 4.78 is 0. The molecule has 21 heavy (non-hydrogen) atoms. The fraction of sp³-hybridized carbons (Fsp3) is 0.333. The molecule has 0 aliphatic rings. The van der Waals surface area contributed by atoms with Gasteiger partial charge in [-0.3, -0.25) is 0 Å². The van der Waals surface area contributed by atoms with E-state index in [2.05, 4.69) is 17.0 Å². The largest absolute Gasteiger partial charge is 0.395 e. The Morgan fingerprint density at radius 1 is 1.00 bits per heavy atom. The molecule has 2 aromatic rings.